The van der Waals surface area contributed by atoms with Gasteiger partial charge in [-0.25, -0.2) is 4.79 Å². The molecular formula is C31H38N4O8. The van der Waals surface area contributed by atoms with E-state index < -0.39 is 35.3 Å². The molecule has 0 radical (unpaired) electrons. The SMILES string of the molecule is CCC(C)(C)NC(=O)[C@H](c1cccc(OC)c1OC)N(C(=O)CCC(=O)Nc1cc(C)on1)c1ccc(C(=O)OC)cc1. The molecule has 0 spiro atoms. The Balaban J connectivity index is 2.11. The lowest BCUT2D eigenvalue weighted by Gasteiger charge is -2.35. The van der Waals surface area contributed by atoms with Gasteiger partial charge < -0.3 is 29.4 Å². The van der Waals surface area contributed by atoms with Gasteiger partial charge in [-0.3, -0.25) is 19.3 Å². The number of ether oxygens (including phenoxy) is 3. The van der Waals surface area contributed by atoms with Crippen LogP contribution in [0.2, 0.25) is 0 Å². The molecule has 1 aromatic heterocycles. The number of hydrogen-bond acceptors (Lipinski definition) is 9. The normalized spacial score (nSPS) is 11.7. The lowest BCUT2D eigenvalue weighted by Crippen LogP contribution is -2.50. The first-order valence-corrected chi connectivity index (χ1v) is 13.7. The molecule has 3 aromatic rings. The molecule has 43 heavy (non-hydrogen) atoms. The van der Waals surface area contributed by atoms with Crippen molar-refractivity contribution >= 4 is 35.2 Å². The highest BCUT2D eigenvalue weighted by Crippen LogP contribution is 2.39. The maximum atomic E-state index is 14.1. The van der Waals surface area contributed by atoms with Crippen molar-refractivity contribution in [2.45, 2.75) is 58.5 Å². The fourth-order valence-corrected chi connectivity index (χ4v) is 4.30. The molecule has 0 saturated heterocycles. The molecule has 0 saturated carbocycles. The molecule has 1 atom stereocenters. The second-order valence-corrected chi connectivity index (χ2v) is 10.4. The van der Waals surface area contributed by atoms with Crippen molar-refractivity contribution in [2.75, 3.05) is 31.5 Å². The summed E-state index contributed by atoms with van der Waals surface area (Å²) >= 11 is 0. The van der Waals surface area contributed by atoms with Crippen molar-refractivity contribution < 1.29 is 37.9 Å². The number of rotatable bonds is 13. The number of hydrogen-bond donors (Lipinski definition) is 2. The lowest BCUT2D eigenvalue weighted by molar-refractivity contribution is -0.128. The minimum atomic E-state index is -1.24. The maximum Gasteiger partial charge on any atom is 0.337 e. The number of nitrogens with zero attached hydrogens (tertiary/aromatic N) is 2. The van der Waals surface area contributed by atoms with E-state index in [1.165, 1.54) is 38.4 Å². The molecule has 0 bridgehead atoms. The molecule has 3 amide bonds. The van der Waals surface area contributed by atoms with E-state index >= 15 is 0 Å². The molecule has 2 N–H and O–H groups in total. The molecule has 12 nitrogen and oxygen atoms in total. The third-order valence-electron chi connectivity index (χ3n) is 6.88. The van der Waals surface area contributed by atoms with Gasteiger partial charge in [-0.2, -0.15) is 0 Å². The Kier molecular flexibility index (Phi) is 10.9. The molecule has 0 fully saturated rings. The van der Waals surface area contributed by atoms with E-state index in [0.29, 0.717) is 29.2 Å². The van der Waals surface area contributed by atoms with Crippen LogP contribution in [0.5, 0.6) is 11.5 Å². The van der Waals surface area contributed by atoms with Crippen LogP contribution in [0.25, 0.3) is 0 Å². The van der Waals surface area contributed by atoms with Crippen LogP contribution in [0.4, 0.5) is 11.5 Å². The van der Waals surface area contributed by atoms with Gasteiger partial charge in [0.2, 0.25) is 17.7 Å². The first-order valence-electron chi connectivity index (χ1n) is 13.7. The Bertz CT molecular complexity index is 1450. The average molecular weight is 595 g/mol. The van der Waals surface area contributed by atoms with Gasteiger partial charge >= 0.3 is 5.97 Å². The van der Waals surface area contributed by atoms with Gasteiger partial charge in [-0.1, -0.05) is 24.2 Å². The number of carbonyl (C=O) groups excluding carboxylic acids is 4. The summed E-state index contributed by atoms with van der Waals surface area (Å²) < 4.78 is 20.9. The molecule has 12 heteroatoms. The molecule has 0 aliphatic heterocycles. The molecule has 3 rings (SSSR count). The highest BCUT2D eigenvalue weighted by atomic mass is 16.5. The number of aromatic nitrogens is 1. The Labute approximate surface area is 250 Å². The van der Waals surface area contributed by atoms with Gasteiger partial charge in [0.1, 0.15) is 11.8 Å². The zero-order valence-corrected chi connectivity index (χ0v) is 25.5. The van der Waals surface area contributed by atoms with Gasteiger partial charge in [0.15, 0.2) is 17.3 Å². The summed E-state index contributed by atoms with van der Waals surface area (Å²) in [6.45, 7) is 7.37. The number of aryl methyl sites for hydroxylation is 1. The Morgan fingerprint density at radius 1 is 1.00 bits per heavy atom. The first kappa shape index (κ1) is 32.6. The van der Waals surface area contributed by atoms with E-state index in [9.17, 15) is 19.2 Å². The summed E-state index contributed by atoms with van der Waals surface area (Å²) in [5.41, 5.74) is 0.317. The summed E-state index contributed by atoms with van der Waals surface area (Å²) in [7, 11) is 4.18. The Morgan fingerprint density at radius 3 is 2.26 bits per heavy atom. The number of amides is 3. The third-order valence-corrected chi connectivity index (χ3v) is 6.88. The predicted octanol–water partition coefficient (Wildman–Crippen LogP) is 4.58. The van der Waals surface area contributed by atoms with Crippen LogP contribution in [0.3, 0.4) is 0 Å². The molecule has 0 aliphatic rings. The zero-order chi connectivity index (χ0) is 31.7. The van der Waals surface area contributed by atoms with Crippen molar-refractivity contribution in [3.8, 4) is 11.5 Å². The standard InChI is InChI=1S/C31H38N4O8/c1-8-31(3,4)33-29(38)27(22-10-9-11-23(40-5)28(22)41-6)35(21-14-12-20(13-15-21)30(39)42-7)26(37)17-16-25(36)32-24-18-19(2)43-34-24/h9-15,18,27H,8,16-17H2,1-7H3,(H,33,38)(H,32,34,36)/t27-/m0/s1. The fraction of sp³-hybridized carbons (Fsp3) is 0.387. The lowest BCUT2D eigenvalue weighted by atomic mass is 9.97. The van der Waals surface area contributed by atoms with Gasteiger partial charge in [0.25, 0.3) is 0 Å². The Hall–Kier alpha value is -4.87. The van der Waals surface area contributed by atoms with E-state index in [1.54, 1.807) is 43.3 Å². The van der Waals surface area contributed by atoms with Gasteiger partial charge in [0.05, 0.1) is 26.9 Å². The van der Waals surface area contributed by atoms with Crippen LogP contribution < -0.4 is 25.0 Å². The smallest absolute Gasteiger partial charge is 0.337 e. The predicted molar refractivity (Wildman–Crippen MR) is 159 cm³/mol. The number of benzene rings is 2. The van der Waals surface area contributed by atoms with E-state index in [0.717, 1.165) is 0 Å². The molecule has 2 aromatic carbocycles. The number of methoxy groups -OCH3 is 3. The van der Waals surface area contributed by atoms with E-state index in [1.807, 2.05) is 20.8 Å². The van der Waals surface area contributed by atoms with Crippen molar-refractivity contribution in [1.82, 2.24) is 10.5 Å². The van der Waals surface area contributed by atoms with E-state index in [-0.39, 0.29) is 30.0 Å². The van der Waals surface area contributed by atoms with Crippen molar-refractivity contribution in [2.24, 2.45) is 0 Å². The third kappa shape index (κ3) is 8.12. The van der Waals surface area contributed by atoms with Crippen molar-refractivity contribution in [3.63, 3.8) is 0 Å². The monoisotopic (exact) mass is 594 g/mol. The summed E-state index contributed by atoms with van der Waals surface area (Å²) in [5, 5.41) is 9.38. The van der Waals surface area contributed by atoms with Crippen LogP contribution in [0.1, 0.15) is 67.8 Å². The van der Waals surface area contributed by atoms with Crippen molar-refractivity contribution in [1.29, 1.82) is 0 Å². The summed E-state index contributed by atoms with van der Waals surface area (Å²) in [5.74, 6) is -0.657. The Morgan fingerprint density at radius 2 is 1.70 bits per heavy atom. The molecule has 1 heterocycles. The van der Waals surface area contributed by atoms with Crippen molar-refractivity contribution in [3.05, 3.63) is 65.4 Å². The summed E-state index contributed by atoms with van der Waals surface area (Å²) in [6, 6.07) is 11.4. The van der Waals surface area contributed by atoms with Crippen LogP contribution in [-0.2, 0) is 19.1 Å². The highest BCUT2D eigenvalue weighted by molar-refractivity contribution is 6.04. The number of para-hydroxylation sites is 1. The maximum absolute atomic E-state index is 14.1. The largest absolute Gasteiger partial charge is 0.493 e. The topological polar surface area (TPSA) is 149 Å². The first-order chi connectivity index (χ1) is 20.4. The number of esters is 1. The van der Waals surface area contributed by atoms with E-state index in [4.69, 9.17) is 18.7 Å². The number of nitrogens with one attached hydrogen (secondary N) is 2. The van der Waals surface area contributed by atoms with Gasteiger partial charge in [-0.15, -0.1) is 0 Å². The molecule has 230 valence electrons. The van der Waals surface area contributed by atoms with Crippen LogP contribution in [0.15, 0.2) is 53.1 Å². The molecule has 0 unspecified atom stereocenters. The minimum Gasteiger partial charge on any atom is -0.493 e. The van der Waals surface area contributed by atoms with Crippen LogP contribution >= 0.6 is 0 Å². The van der Waals surface area contributed by atoms with E-state index in [2.05, 4.69) is 15.8 Å². The summed E-state index contributed by atoms with van der Waals surface area (Å²) in [6.07, 6.45) is 0.157. The average Bonchev–Trinajstić information content (AvgIpc) is 3.41. The second-order valence-electron chi connectivity index (χ2n) is 10.4. The van der Waals surface area contributed by atoms with Gasteiger partial charge in [0, 0.05) is 35.7 Å². The second kappa shape index (κ2) is 14.3. The zero-order valence-electron chi connectivity index (χ0n) is 25.5. The quantitative estimate of drug-likeness (QED) is 0.271. The highest BCUT2D eigenvalue weighted by Gasteiger charge is 2.37. The number of carbonyl (C=O) groups is 4. The molecular weight excluding hydrogens is 556 g/mol. The number of anilines is 2. The minimum absolute atomic E-state index is 0.203. The van der Waals surface area contributed by atoms with Crippen LogP contribution in [0, 0.1) is 6.92 Å². The fourth-order valence-electron chi connectivity index (χ4n) is 4.30. The summed E-state index contributed by atoms with van der Waals surface area (Å²) in [4.78, 5) is 54.3. The molecule has 0 aliphatic carbocycles. The van der Waals surface area contributed by atoms with Gasteiger partial charge in [-0.05, 0) is 57.5 Å². The van der Waals surface area contributed by atoms with Crippen LogP contribution in [-0.4, -0.2) is 55.7 Å².